The van der Waals surface area contributed by atoms with Crippen LogP contribution in [-0.4, -0.2) is 28.5 Å². The van der Waals surface area contributed by atoms with Crippen molar-refractivity contribution in [2.75, 3.05) is 6.54 Å². The van der Waals surface area contributed by atoms with Crippen molar-refractivity contribution >= 4 is 21.8 Å². The van der Waals surface area contributed by atoms with Crippen LogP contribution in [0.5, 0.6) is 5.75 Å². The predicted octanol–water partition coefficient (Wildman–Crippen LogP) is 3.17. The highest BCUT2D eigenvalue weighted by Crippen LogP contribution is 2.36. The molecule has 1 amide bonds. The number of hydrogen-bond donors (Lipinski definition) is 1. The first kappa shape index (κ1) is 12.0. The van der Waals surface area contributed by atoms with Gasteiger partial charge in [-0.05, 0) is 49.8 Å². The maximum absolute atomic E-state index is 12.5. The zero-order valence-corrected chi connectivity index (χ0v) is 11.7. The molecule has 0 unspecified atom stereocenters. The van der Waals surface area contributed by atoms with Crippen LogP contribution in [0.15, 0.2) is 22.7 Å². The fourth-order valence-electron chi connectivity index (χ4n) is 2.20. The monoisotopic (exact) mass is 309 g/mol. The van der Waals surface area contributed by atoms with Crippen molar-refractivity contribution in [3.05, 3.63) is 28.2 Å². The first-order chi connectivity index (χ1) is 8.65. The Morgan fingerprint density at radius 1 is 1.33 bits per heavy atom. The molecule has 0 bridgehead atoms. The number of phenolic OH excluding ortho intramolecular Hbond substituents is 1. The number of hydrogen-bond acceptors (Lipinski definition) is 2. The maximum Gasteiger partial charge on any atom is 0.257 e. The van der Waals surface area contributed by atoms with Crippen LogP contribution in [-0.2, 0) is 0 Å². The van der Waals surface area contributed by atoms with E-state index in [4.69, 9.17) is 0 Å². The molecule has 2 aliphatic carbocycles. The van der Waals surface area contributed by atoms with Crippen LogP contribution in [0.1, 0.15) is 36.0 Å². The average Bonchev–Trinajstić information content (AvgIpc) is 3.18. The third kappa shape index (κ3) is 2.53. The van der Waals surface area contributed by atoms with Crippen molar-refractivity contribution in [3.8, 4) is 5.75 Å². The summed E-state index contributed by atoms with van der Waals surface area (Å²) in [5.41, 5.74) is 0.422. The van der Waals surface area contributed by atoms with Crippen LogP contribution in [0, 0.1) is 5.92 Å². The van der Waals surface area contributed by atoms with Crippen molar-refractivity contribution in [1.82, 2.24) is 4.90 Å². The zero-order chi connectivity index (χ0) is 12.7. The van der Waals surface area contributed by atoms with E-state index in [1.54, 1.807) is 18.2 Å². The molecule has 96 valence electrons. The van der Waals surface area contributed by atoms with Gasteiger partial charge < -0.3 is 10.0 Å². The zero-order valence-electron chi connectivity index (χ0n) is 10.1. The summed E-state index contributed by atoms with van der Waals surface area (Å²) in [6.07, 6.45) is 4.69. The number of aromatic hydroxyl groups is 1. The first-order valence-electron chi connectivity index (χ1n) is 6.44. The molecule has 18 heavy (non-hydrogen) atoms. The van der Waals surface area contributed by atoms with Crippen LogP contribution < -0.4 is 0 Å². The van der Waals surface area contributed by atoms with E-state index in [2.05, 4.69) is 15.9 Å². The highest BCUT2D eigenvalue weighted by molar-refractivity contribution is 9.10. The number of nitrogens with zero attached hydrogens (tertiary/aromatic N) is 1. The van der Waals surface area contributed by atoms with Gasteiger partial charge in [0.05, 0.1) is 5.56 Å². The third-order valence-corrected chi connectivity index (χ3v) is 4.08. The second-order valence-electron chi connectivity index (χ2n) is 5.29. The average molecular weight is 310 g/mol. The number of rotatable bonds is 4. The quantitative estimate of drug-likeness (QED) is 0.928. The van der Waals surface area contributed by atoms with Gasteiger partial charge in [0.25, 0.3) is 5.91 Å². The molecule has 0 atom stereocenters. The van der Waals surface area contributed by atoms with Crippen LogP contribution in [0.3, 0.4) is 0 Å². The van der Waals surface area contributed by atoms with Crippen molar-refractivity contribution in [3.63, 3.8) is 0 Å². The molecule has 0 radical (unpaired) electrons. The van der Waals surface area contributed by atoms with Gasteiger partial charge in [0.15, 0.2) is 0 Å². The molecule has 0 aromatic heterocycles. The van der Waals surface area contributed by atoms with Gasteiger partial charge in [0, 0.05) is 17.1 Å². The first-order valence-corrected chi connectivity index (χ1v) is 7.24. The lowest BCUT2D eigenvalue weighted by atomic mass is 10.1. The second kappa shape index (κ2) is 4.57. The van der Waals surface area contributed by atoms with Crippen LogP contribution in [0.2, 0.25) is 0 Å². The predicted molar refractivity (Wildman–Crippen MR) is 72.6 cm³/mol. The molecule has 1 aromatic rings. The van der Waals surface area contributed by atoms with E-state index in [1.165, 1.54) is 12.8 Å². The highest BCUT2D eigenvalue weighted by atomic mass is 79.9. The minimum absolute atomic E-state index is 0.0191. The van der Waals surface area contributed by atoms with E-state index in [1.807, 2.05) is 4.90 Å². The molecule has 2 saturated carbocycles. The summed E-state index contributed by atoms with van der Waals surface area (Å²) in [7, 11) is 0. The molecular weight excluding hydrogens is 294 g/mol. The Balaban J connectivity index is 1.81. The number of benzene rings is 1. The lowest BCUT2D eigenvalue weighted by Gasteiger charge is -2.22. The lowest BCUT2D eigenvalue weighted by molar-refractivity contribution is 0.0731. The van der Waals surface area contributed by atoms with Crippen molar-refractivity contribution < 1.29 is 9.90 Å². The molecule has 2 fully saturated rings. The third-order valence-electron chi connectivity index (χ3n) is 3.59. The summed E-state index contributed by atoms with van der Waals surface area (Å²) in [6, 6.07) is 5.48. The molecule has 0 spiro atoms. The minimum Gasteiger partial charge on any atom is -0.507 e. The van der Waals surface area contributed by atoms with Gasteiger partial charge in [-0.15, -0.1) is 0 Å². The summed E-state index contributed by atoms with van der Waals surface area (Å²) >= 11 is 3.29. The Labute approximate surface area is 115 Å². The van der Waals surface area contributed by atoms with Crippen molar-refractivity contribution in [2.24, 2.45) is 5.92 Å². The number of carbonyl (C=O) groups excluding carboxylic acids is 1. The number of carbonyl (C=O) groups is 1. The SMILES string of the molecule is O=C(c1ccc(Br)cc1O)N(CC1CC1)C1CC1. The number of halogens is 1. The van der Waals surface area contributed by atoms with Crippen LogP contribution in [0.4, 0.5) is 0 Å². The number of amides is 1. The fraction of sp³-hybridized carbons (Fsp3) is 0.500. The fourth-order valence-corrected chi connectivity index (χ4v) is 2.55. The molecule has 2 aliphatic rings. The smallest absolute Gasteiger partial charge is 0.257 e. The van der Waals surface area contributed by atoms with E-state index in [9.17, 15) is 9.90 Å². The van der Waals surface area contributed by atoms with E-state index in [0.717, 1.165) is 23.9 Å². The minimum atomic E-state index is -0.0191. The van der Waals surface area contributed by atoms with E-state index in [0.29, 0.717) is 17.5 Å². The van der Waals surface area contributed by atoms with Crippen LogP contribution in [0.25, 0.3) is 0 Å². The molecule has 3 nitrogen and oxygen atoms in total. The van der Waals surface area contributed by atoms with Crippen molar-refractivity contribution in [1.29, 1.82) is 0 Å². The maximum atomic E-state index is 12.5. The standard InChI is InChI=1S/C14H16BrNO2/c15-10-3-6-12(13(17)7-10)14(18)16(11-4-5-11)8-9-1-2-9/h3,6-7,9,11,17H,1-2,4-5,8H2. The molecule has 1 N–H and O–H groups in total. The topological polar surface area (TPSA) is 40.5 Å². The van der Waals surface area contributed by atoms with Gasteiger partial charge in [-0.25, -0.2) is 0 Å². The molecule has 1 aromatic carbocycles. The molecule has 0 saturated heterocycles. The summed E-state index contributed by atoms with van der Waals surface area (Å²) < 4.78 is 0.789. The molecule has 3 rings (SSSR count). The summed E-state index contributed by atoms with van der Waals surface area (Å²) in [6.45, 7) is 0.860. The van der Waals surface area contributed by atoms with Gasteiger partial charge in [0.2, 0.25) is 0 Å². The Bertz CT molecular complexity index is 481. The largest absolute Gasteiger partial charge is 0.507 e. The summed E-state index contributed by atoms with van der Waals surface area (Å²) in [4.78, 5) is 14.4. The second-order valence-corrected chi connectivity index (χ2v) is 6.21. The van der Waals surface area contributed by atoms with Crippen molar-refractivity contribution in [2.45, 2.75) is 31.7 Å². The normalized spacial score (nSPS) is 18.7. The summed E-state index contributed by atoms with van der Waals surface area (Å²) in [5.74, 6) is 0.734. The van der Waals surface area contributed by atoms with Gasteiger partial charge in [-0.2, -0.15) is 0 Å². The molecular formula is C14H16BrNO2. The van der Waals surface area contributed by atoms with Gasteiger partial charge >= 0.3 is 0 Å². The van der Waals surface area contributed by atoms with E-state index < -0.39 is 0 Å². The Morgan fingerprint density at radius 2 is 2.06 bits per heavy atom. The van der Waals surface area contributed by atoms with Gasteiger partial charge in [0.1, 0.15) is 5.75 Å². The van der Waals surface area contributed by atoms with Crippen LogP contribution >= 0.6 is 15.9 Å². The Hall–Kier alpha value is -1.03. The van der Waals surface area contributed by atoms with E-state index >= 15 is 0 Å². The summed E-state index contributed by atoms with van der Waals surface area (Å²) in [5, 5.41) is 9.89. The molecule has 4 heteroatoms. The van der Waals surface area contributed by atoms with E-state index in [-0.39, 0.29) is 11.7 Å². The Morgan fingerprint density at radius 3 is 2.61 bits per heavy atom. The number of phenols is 1. The molecule has 0 heterocycles. The lowest BCUT2D eigenvalue weighted by Crippen LogP contribution is -2.34. The highest BCUT2D eigenvalue weighted by Gasteiger charge is 2.37. The van der Waals surface area contributed by atoms with Gasteiger partial charge in [-0.1, -0.05) is 15.9 Å². The molecule has 0 aliphatic heterocycles. The van der Waals surface area contributed by atoms with Gasteiger partial charge in [-0.3, -0.25) is 4.79 Å². The Kier molecular flexibility index (Phi) is 3.06.